The number of piperidine rings is 1. The van der Waals surface area contributed by atoms with E-state index in [9.17, 15) is 74.6 Å². The van der Waals surface area contributed by atoms with Gasteiger partial charge in [0.05, 0.1) is 36.1 Å². The Hall–Kier alpha value is -7.39. The molecule has 9 rings (SSSR count). The molecule has 0 radical (unpaired) electrons. The van der Waals surface area contributed by atoms with Crippen LogP contribution in [0.5, 0.6) is 11.5 Å². The van der Waals surface area contributed by atoms with Gasteiger partial charge in [-0.15, -0.1) is 4.33 Å². The Bertz CT molecular complexity index is 3380. The summed E-state index contributed by atoms with van der Waals surface area (Å²) in [7, 11) is 1.78. The maximum absolute atomic E-state index is 14.7. The molecule has 0 aromatic heterocycles. The molecule has 0 bridgehead atoms. The van der Waals surface area contributed by atoms with Crippen molar-refractivity contribution in [2.24, 2.45) is 5.92 Å². The third kappa shape index (κ3) is 17.7. The number of piperazine rings is 1. The van der Waals surface area contributed by atoms with Gasteiger partial charge >= 0.3 is 29.6 Å². The zero-order valence-corrected chi connectivity index (χ0v) is 56.3. The SMILES string of the molecule is [C-]#[N+]C[C@@H](O)[C@@H]1NC(=O)[C@H]([C@H](O)Cc2ccc(O)c(OSOO[O-])c2)NC(=O)[C@@H]2C[C@H](O)CN2C(=O)[C@H]([C@H](C)O)NC(=O)[C@@H](NC(=O)c2ccc(N3CCN(c4ccc(N5CCC(OC)(c6ccccc6)CC5)cc4)CC3)cc2)C[C@H](O)CNC(=O)[C@@H]2[C@@H](O)[C@H](C)CN2C1=O.[Na+]. The number of hydrogen-bond donors (Lipinski definition) is 12. The first kappa shape index (κ1) is 74.4. The second-order valence-electron chi connectivity index (χ2n) is 24.5. The number of anilines is 3. The minimum atomic E-state index is -2.15. The summed E-state index contributed by atoms with van der Waals surface area (Å²) < 4.78 is 15.3. The van der Waals surface area contributed by atoms with Gasteiger partial charge in [-0.05, 0) is 91.6 Å². The number of nitrogens with one attached hydrogen (secondary N) is 5. The van der Waals surface area contributed by atoms with Crippen molar-refractivity contribution in [3.8, 4) is 11.5 Å². The molecule has 32 heteroatoms. The molecule has 5 aliphatic heterocycles. The first-order chi connectivity index (χ1) is 45.5. The van der Waals surface area contributed by atoms with Crippen molar-refractivity contribution < 1.29 is 122 Å². The minimum absolute atomic E-state index is 0. The van der Waals surface area contributed by atoms with E-state index in [0.717, 1.165) is 71.8 Å². The van der Waals surface area contributed by atoms with E-state index in [2.05, 4.69) is 91.9 Å². The maximum atomic E-state index is 14.7. The molecule has 0 unspecified atom stereocenters. The molecule has 12 N–H and O–H groups in total. The molecule has 4 aromatic rings. The largest absolute Gasteiger partial charge is 1.00 e. The van der Waals surface area contributed by atoms with Gasteiger partial charge in [0, 0.05) is 114 Å². The van der Waals surface area contributed by atoms with Gasteiger partial charge < -0.3 is 106 Å². The number of hydrogen-bond acceptors (Lipinski definition) is 23. The van der Waals surface area contributed by atoms with Crippen LogP contribution in [0.25, 0.3) is 4.85 Å². The Balaban J connectivity index is 0.0000118. The fraction of sp³-hybridized carbons (Fsp3) is 0.500. The Morgan fingerprint density at radius 1 is 0.729 bits per heavy atom. The maximum Gasteiger partial charge on any atom is 1.00 e. The molecular weight excluding hydrogens is 1280 g/mol. The Morgan fingerprint density at radius 2 is 1.31 bits per heavy atom. The molecule has 7 amide bonds. The van der Waals surface area contributed by atoms with E-state index in [0.29, 0.717) is 26.2 Å². The van der Waals surface area contributed by atoms with Crippen molar-refractivity contribution in [3.05, 3.63) is 125 Å². The molecule has 0 saturated carbocycles. The molecule has 5 saturated heterocycles. The number of phenolic OH excluding ortho intramolecular Hbond substituents is 1. The number of amides is 7. The van der Waals surface area contributed by atoms with Gasteiger partial charge in [-0.3, -0.25) is 38.6 Å². The smallest absolute Gasteiger partial charge is 0.691 e. The summed E-state index contributed by atoms with van der Waals surface area (Å²) in [5.74, 6) is -9.57. The van der Waals surface area contributed by atoms with Crippen LogP contribution >= 0.6 is 12.3 Å². The van der Waals surface area contributed by atoms with Gasteiger partial charge in [-0.2, -0.15) is 0 Å². The molecule has 96 heavy (non-hydrogen) atoms. The topological polar surface area (TPSA) is 402 Å². The molecule has 5 heterocycles. The van der Waals surface area contributed by atoms with Gasteiger partial charge in [0.2, 0.25) is 42.0 Å². The van der Waals surface area contributed by atoms with Crippen LogP contribution in [-0.4, -0.2) is 232 Å². The van der Waals surface area contributed by atoms with Crippen molar-refractivity contribution in [2.45, 2.75) is 124 Å². The van der Waals surface area contributed by atoms with Crippen LogP contribution in [-0.2, 0) is 54.9 Å². The predicted molar refractivity (Wildman–Crippen MR) is 339 cm³/mol. The summed E-state index contributed by atoms with van der Waals surface area (Å²) >= 11 is 0.0107. The second kappa shape index (κ2) is 33.7. The average Bonchev–Trinajstić information content (AvgIpc) is 1.62. The fourth-order valence-corrected chi connectivity index (χ4v) is 13.2. The number of benzene rings is 4. The van der Waals surface area contributed by atoms with E-state index >= 15 is 0 Å². The third-order valence-electron chi connectivity index (χ3n) is 18.3. The van der Waals surface area contributed by atoms with Gasteiger partial charge in [-0.25, -0.2) is 6.57 Å². The molecule has 0 spiro atoms. The second-order valence-corrected chi connectivity index (χ2v) is 25.0. The zero-order valence-electron chi connectivity index (χ0n) is 53.5. The molecule has 5 aliphatic rings. The van der Waals surface area contributed by atoms with E-state index in [-0.39, 0.29) is 70.9 Å². The number of aliphatic hydroxyl groups excluding tert-OH is 6. The predicted octanol–water partition coefficient (Wildman–Crippen LogP) is -5.10. The first-order valence-corrected chi connectivity index (χ1v) is 31.9. The normalized spacial score (nSPS) is 26.4. The quantitative estimate of drug-likeness (QED) is 0.0117. The number of carbonyl (C=O) groups is 7. The van der Waals surface area contributed by atoms with Gasteiger partial charge in [0.1, 0.15) is 36.3 Å². The Kier molecular flexibility index (Phi) is 26.1. The standard InChI is InChI=1S/C64H81N11O19S.Na/c1-36-34-75-55(56(36)82)61(87)66-32-44(77)30-46(67-57(83)39-11-13-41(14-12-39)72-24-26-73(27-25-72)43-17-15-42(16-18-43)71-22-20-64(91-4,21-23-71)40-8-6-5-7-9-40)58(84)68-52(37(2)76)62(88)74-35-45(78)31-47(74)59(85)69-53(60(86)70-54(63(75)89)50(81)33-65-3)49(80)28-38-10-19-48(79)51(29-38)92-95-94-93-90;/h5-19,29,36-37,44-47,49-50,52-56,76-82,90H,20-28,30-35H2,1-2,4H3,(H,66,87)(H,67,83)(H,68,84)(H,69,85)(H,70,86);/q;+1/p-1/t36-,37+,44+,45+,46+,47+,49-,50-,52+,53+,54+,55+,56+;/m1./s1. The van der Waals surface area contributed by atoms with Gasteiger partial charge in [-0.1, -0.05) is 43.3 Å². The van der Waals surface area contributed by atoms with Crippen LogP contribution in [0, 0.1) is 12.5 Å². The average molecular weight is 1360 g/mol. The van der Waals surface area contributed by atoms with E-state index < -0.39 is 165 Å². The molecule has 512 valence electrons. The minimum Gasteiger partial charge on any atom is -0.691 e. The molecule has 30 nitrogen and oxygen atoms in total. The first-order valence-electron chi connectivity index (χ1n) is 31.2. The number of methoxy groups -OCH3 is 1. The molecule has 5 fully saturated rings. The molecule has 4 aromatic carbocycles. The summed E-state index contributed by atoms with van der Waals surface area (Å²) in [5.41, 5.74) is 4.09. The number of β-amino-alcohol motifs (C(OH)–C–C–N with tert-alkyl or cyclic N) is 1. The summed E-state index contributed by atoms with van der Waals surface area (Å²) in [5, 5.41) is 105. The van der Waals surface area contributed by atoms with Crippen LogP contribution in [0.3, 0.4) is 0 Å². The van der Waals surface area contributed by atoms with Crippen LogP contribution in [0.15, 0.2) is 97.1 Å². The van der Waals surface area contributed by atoms with Gasteiger partial charge in [0.15, 0.2) is 17.6 Å². The number of aromatic hydroxyl groups is 1. The van der Waals surface area contributed by atoms with E-state index in [1.54, 1.807) is 31.4 Å². The number of fused-ring (bicyclic) bond motifs is 2. The zero-order chi connectivity index (χ0) is 68.3. The summed E-state index contributed by atoms with van der Waals surface area (Å²) in [6.07, 6.45) is -10.5. The van der Waals surface area contributed by atoms with Crippen molar-refractivity contribution in [1.29, 1.82) is 0 Å². The number of carbonyl (C=O) groups excluding carboxylic acids is 7. The van der Waals surface area contributed by atoms with Crippen LogP contribution in [0.1, 0.15) is 61.0 Å². The number of ether oxygens (including phenoxy) is 1. The summed E-state index contributed by atoms with van der Waals surface area (Å²) in [6.45, 7) is 12.1. The third-order valence-corrected chi connectivity index (χ3v) is 18.6. The van der Waals surface area contributed by atoms with Crippen molar-refractivity contribution >= 4 is 70.7 Å². The van der Waals surface area contributed by atoms with E-state index in [1.165, 1.54) is 18.6 Å². The van der Waals surface area contributed by atoms with Crippen molar-refractivity contribution in [2.75, 3.05) is 87.3 Å². The van der Waals surface area contributed by atoms with Crippen LogP contribution in [0.2, 0.25) is 0 Å². The van der Waals surface area contributed by atoms with Gasteiger partial charge in [0.25, 0.3) is 18.2 Å². The Labute approximate surface area is 580 Å². The fourth-order valence-electron chi connectivity index (χ4n) is 12.9. The summed E-state index contributed by atoms with van der Waals surface area (Å²) in [6, 6.07) is 17.6. The number of rotatable bonds is 17. The summed E-state index contributed by atoms with van der Waals surface area (Å²) in [4.78, 5) is 113. The number of nitrogens with zero attached hydrogens (tertiary/aromatic N) is 6. The molecule has 13 atom stereocenters. The Morgan fingerprint density at radius 3 is 1.91 bits per heavy atom. The van der Waals surface area contributed by atoms with Crippen molar-refractivity contribution in [3.63, 3.8) is 0 Å². The number of phenols is 1. The molecule has 0 aliphatic carbocycles. The van der Waals surface area contributed by atoms with E-state index in [4.69, 9.17) is 15.5 Å². The van der Waals surface area contributed by atoms with Crippen molar-refractivity contribution in [1.82, 2.24) is 36.4 Å². The molecular formula is C64H80N11NaO19S. The monoisotopic (exact) mass is 1360 g/mol. The van der Waals surface area contributed by atoms with Crippen LogP contribution < -0.4 is 80.3 Å². The van der Waals surface area contributed by atoms with E-state index in [1.807, 2.05) is 18.2 Å². The number of aliphatic hydroxyl groups is 6. The van der Waals surface area contributed by atoms with Crippen LogP contribution in [0.4, 0.5) is 17.1 Å².